The number of carbonyl (C=O) groups is 1. The Morgan fingerprint density at radius 1 is 1.39 bits per heavy atom. The Labute approximate surface area is 111 Å². The van der Waals surface area contributed by atoms with E-state index in [9.17, 15) is 4.79 Å². The Balaban J connectivity index is 1.71. The van der Waals surface area contributed by atoms with Crippen molar-refractivity contribution in [1.29, 1.82) is 0 Å². The standard InChI is InChI=1S/C13H16ClN3O/c14-11-1-2-12(16-7-11)13(18)17-4-3-9-5-15-6-10(9)8-17/h1-2,7,9-10,15H,3-6,8H2. The highest BCUT2D eigenvalue weighted by Gasteiger charge is 2.34. The number of nitrogens with zero attached hydrogens (tertiary/aromatic N) is 2. The number of halogens is 1. The molecule has 2 atom stereocenters. The topological polar surface area (TPSA) is 45.2 Å². The van der Waals surface area contributed by atoms with Crippen LogP contribution in [0.5, 0.6) is 0 Å². The molecular weight excluding hydrogens is 250 g/mol. The van der Waals surface area contributed by atoms with Crippen LogP contribution in [0.1, 0.15) is 16.9 Å². The number of piperidine rings is 1. The van der Waals surface area contributed by atoms with E-state index in [1.54, 1.807) is 12.1 Å². The van der Waals surface area contributed by atoms with Crippen molar-refractivity contribution in [2.45, 2.75) is 6.42 Å². The van der Waals surface area contributed by atoms with Gasteiger partial charge in [-0.2, -0.15) is 0 Å². The third kappa shape index (κ3) is 2.22. The number of likely N-dealkylation sites (tertiary alicyclic amines) is 1. The second kappa shape index (κ2) is 4.86. The molecule has 1 aromatic rings. The van der Waals surface area contributed by atoms with Crippen LogP contribution in [0.15, 0.2) is 18.3 Å². The van der Waals surface area contributed by atoms with Crippen molar-refractivity contribution >= 4 is 17.5 Å². The van der Waals surface area contributed by atoms with Gasteiger partial charge < -0.3 is 10.2 Å². The number of fused-ring (bicyclic) bond motifs is 1. The lowest BCUT2D eigenvalue weighted by Gasteiger charge is -2.34. The van der Waals surface area contributed by atoms with Gasteiger partial charge in [0.2, 0.25) is 0 Å². The zero-order valence-corrected chi connectivity index (χ0v) is 10.9. The van der Waals surface area contributed by atoms with Gasteiger partial charge >= 0.3 is 0 Å². The maximum absolute atomic E-state index is 12.3. The Kier molecular flexibility index (Phi) is 3.22. The van der Waals surface area contributed by atoms with Gasteiger partial charge in [-0.15, -0.1) is 0 Å². The van der Waals surface area contributed by atoms with Gasteiger partial charge in [-0.1, -0.05) is 11.6 Å². The highest BCUT2D eigenvalue weighted by Crippen LogP contribution is 2.27. The maximum Gasteiger partial charge on any atom is 0.272 e. The molecule has 1 aromatic heterocycles. The van der Waals surface area contributed by atoms with Crippen LogP contribution >= 0.6 is 11.6 Å². The fourth-order valence-electron chi connectivity index (χ4n) is 2.88. The predicted octanol–water partition coefficient (Wildman–Crippen LogP) is 1.42. The number of hydrogen-bond donors (Lipinski definition) is 1. The molecule has 0 aromatic carbocycles. The minimum Gasteiger partial charge on any atom is -0.337 e. The molecular formula is C13H16ClN3O. The number of pyridine rings is 1. The lowest BCUT2D eigenvalue weighted by molar-refractivity contribution is 0.0636. The lowest BCUT2D eigenvalue weighted by atomic mass is 9.88. The SMILES string of the molecule is O=C(c1ccc(Cl)cn1)N1CCC2CNCC2C1. The van der Waals surface area contributed by atoms with Crippen LogP contribution < -0.4 is 5.32 Å². The summed E-state index contributed by atoms with van der Waals surface area (Å²) in [6.45, 7) is 3.82. The van der Waals surface area contributed by atoms with Crippen molar-refractivity contribution < 1.29 is 4.79 Å². The van der Waals surface area contributed by atoms with Gasteiger partial charge in [-0.05, 0) is 43.5 Å². The minimum absolute atomic E-state index is 0.0250. The fraction of sp³-hybridized carbons (Fsp3) is 0.538. The smallest absolute Gasteiger partial charge is 0.272 e. The van der Waals surface area contributed by atoms with Crippen LogP contribution in [0.2, 0.25) is 5.02 Å². The molecule has 2 aliphatic rings. The number of carbonyl (C=O) groups excluding carboxylic acids is 1. The van der Waals surface area contributed by atoms with Crippen LogP contribution in [0.3, 0.4) is 0 Å². The molecule has 0 spiro atoms. The van der Waals surface area contributed by atoms with E-state index in [2.05, 4.69) is 10.3 Å². The van der Waals surface area contributed by atoms with Crippen molar-refractivity contribution in [2.75, 3.05) is 26.2 Å². The molecule has 3 rings (SSSR count). The summed E-state index contributed by atoms with van der Waals surface area (Å²) in [6.07, 6.45) is 2.62. The molecule has 2 unspecified atom stereocenters. The quantitative estimate of drug-likeness (QED) is 0.835. The first-order valence-electron chi connectivity index (χ1n) is 6.35. The van der Waals surface area contributed by atoms with Crippen LogP contribution in [-0.4, -0.2) is 42.0 Å². The second-order valence-electron chi connectivity index (χ2n) is 5.08. The number of nitrogens with one attached hydrogen (secondary N) is 1. The summed E-state index contributed by atoms with van der Waals surface area (Å²) in [5, 5.41) is 3.96. The van der Waals surface area contributed by atoms with Crippen molar-refractivity contribution in [2.24, 2.45) is 11.8 Å². The summed E-state index contributed by atoms with van der Waals surface area (Å²) in [5.41, 5.74) is 0.490. The predicted molar refractivity (Wildman–Crippen MR) is 69.6 cm³/mol. The van der Waals surface area contributed by atoms with E-state index in [1.165, 1.54) is 6.20 Å². The van der Waals surface area contributed by atoms with Gasteiger partial charge in [-0.25, -0.2) is 4.98 Å². The molecule has 0 bridgehead atoms. The first-order chi connectivity index (χ1) is 8.74. The molecule has 0 aliphatic carbocycles. The zero-order chi connectivity index (χ0) is 12.5. The van der Waals surface area contributed by atoms with Gasteiger partial charge in [0, 0.05) is 19.3 Å². The lowest BCUT2D eigenvalue weighted by Crippen LogP contribution is -2.43. The Morgan fingerprint density at radius 2 is 2.22 bits per heavy atom. The monoisotopic (exact) mass is 265 g/mol. The normalized spacial score (nSPS) is 27.1. The molecule has 2 fully saturated rings. The van der Waals surface area contributed by atoms with Gasteiger partial charge in [0.15, 0.2) is 0 Å². The Bertz CT molecular complexity index is 448. The van der Waals surface area contributed by atoms with Crippen molar-refractivity contribution in [3.8, 4) is 0 Å². The molecule has 2 aliphatic heterocycles. The molecule has 1 amide bonds. The Morgan fingerprint density at radius 3 is 3.00 bits per heavy atom. The number of hydrogen-bond acceptors (Lipinski definition) is 3. The first kappa shape index (κ1) is 11.9. The summed E-state index contributed by atoms with van der Waals surface area (Å²) in [4.78, 5) is 18.3. The van der Waals surface area contributed by atoms with Crippen LogP contribution in [0.4, 0.5) is 0 Å². The molecule has 18 heavy (non-hydrogen) atoms. The van der Waals surface area contributed by atoms with Crippen LogP contribution in [0.25, 0.3) is 0 Å². The number of aromatic nitrogens is 1. The summed E-state index contributed by atoms with van der Waals surface area (Å²) < 4.78 is 0. The average Bonchev–Trinajstić information content (AvgIpc) is 2.86. The summed E-state index contributed by atoms with van der Waals surface area (Å²) >= 11 is 5.78. The maximum atomic E-state index is 12.3. The van der Waals surface area contributed by atoms with Gasteiger partial charge in [0.1, 0.15) is 5.69 Å². The van der Waals surface area contributed by atoms with E-state index in [1.807, 2.05) is 4.90 Å². The van der Waals surface area contributed by atoms with Gasteiger partial charge in [0.05, 0.1) is 5.02 Å². The summed E-state index contributed by atoms with van der Waals surface area (Å²) in [6, 6.07) is 3.41. The molecule has 96 valence electrons. The molecule has 0 saturated carbocycles. The van der Waals surface area contributed by atoms with E-state index < -0.39 is 0 Å². The van der Waals surface area contributed by atoms with Crippen LogP contribution in [0, 0.1) is 11.8 Å². The van der Waals surface area contributed by atoms with E-state index in [4.69, 9.17) is 11.6 Å². The molecule has 1 N–H and O–H groups in total. The van der Waals surface area contributed by atoms with E-state index >= 15 is 0 Å². The van der Waals surface area contributed by atoms with E-state index in [0.29, 0.717) is 16.6 Å². The highest BCUT2D eigenvalue weighted by molar-refractivity contribution is 6.30. The van der Waals surface area contributed by atoms with Crippen molar-refractivity contribution in [3.63, 3.8) is 0 Å². The van der Waals surface area contributed by atoms with E-state index in [0.717, 1.165) is 38.5 Å². The number of amides is 1. The fourth-order valence-corrected chi connectivity index (χ4v) is 3.00. The minimum atomic E-state index is 0.0250. The molecule has 0 radical (unpaired) electrons. The largest absolute Gasteiger partial charge is 0.337 e. The molecule has 2 saturated heterocycles. The Hall–Kier alpha value is -1.13. The summed E-state index contributed by atoms with van der Waals surface area (Å²) in [7, 11) is 0. The highest BCUT2D eigenvalue weighted by atomic mass is 35.5. The van der Waals surface area contributed by atoms with Gasteiger partial charge in [0.25, 0.3) is 5.91 Å². The molecule has 3 heterocycles. The number of rotatable bonds is 1. The van der Waals surface area contributed by atoms with Crippen molar-refractivity contribution in [3.05, 3.63) is 29.0 Å². The molecule has 5 heteroatoms. The van der Waals surface area contributed by atoms with Crippen molar-refractivity contribution in [1.82, 2.24) is 15.2 Å². The third-order valence-corrected chi connectivity index (χ3v) is 4.16. The second-order valence-corrected chi connectivity index (χ2v) is 5.52. The zero-order valence-electron chi connectivity index (χ0n) is 10.1. The summed E-state index contributed by atoms with van der Waals surface area (Å²) in [5.74, 6) is 1.37. The third-order valence-electron chi connectivity index (χ3n) is 3.94. The average molecular weight is 266 g/mol. The van der Waals surface area contributed by atoms with Gasteiger partial charge in [-0.3, -0.25) is 4.79 Å². The van der Waals surface area contributed by atoms with Crippen LogP contribution in [-0.2, 0) is 0 Å². The first-order valence-corrected chi connectivity index (χ1v) is 6.73. The van der Waals surface area contributed by atoms with E-state index in [-0.39, 0.29) is 5.91 Å². The molecule has 4 nitrogen and oxygen atoms in total.